The van der Waals surface area contributed by atoms with Gasteiger partial charge in [-0.3, -0.25) is 9.69 Å². The van der Waals surface area contributed by atoms with E-state index in [-0.39, 0.29) is 30.5 Å². The minimum atomic E-state index is -0.290. The molecule has 30 heavy (non-hydrogen) atoms. The molecule has 2 aromatic carbocycles. The molecule has 2 heterocycles. The number of amides is 1. The summed E-state index contributed by atoms with van der Waals surface area (Å²) in [5.74, 6) is 0.375. The first-order valence-electron chi connectivity index (χ1n) is 10.6. The van der Waals surface area contributed by atoms with Crippen LogP contribution in [0.2, 0.25) is 0 Å². The zero-order valence-corrected chi connectivity index (χ0v) is 17.4. The van der Waals surface area contributed by atoms with E-state index in [4.69, 9.17) is 9.47 Å². The van der Waals surface area contributed by atoms with Gasteiger partial charge in [0.2, 0.25) is 5.91 Å². The number of halogens is 1. The normalized spacial score (nSPS) is 21.1. The third-order valence-electron chi connectivity index (χ3n) is 5.94. The van der Waals surface area contributed by atoms with Crippen molar-refractivity contribution in [1.82, 2.24) is 9.80 Å². The number of nitrogens with zero attached hydrogens (tertiary/aromatic N) is 2. The van der Waals surface area contributed by atoms with Crippen LogP contribution < -0.4 is 4.74 Å². The second-order valence-corrected chi connectivity index (χ2v) is 8.24. The second kappa shape index (κ2) is 9.58. The van der Waals surface area contributed by atoms with E-state index < -0.39 is 0 Å². The van der Waals surface area contributed by atoms with Gasteiger partial charge in [0.25, 0.3) is 0 Å². The Bertz CT molecular complexity index is 833. The van der Waals surface area contributed by atoms with Crippen LogP contribution in [0.3, 0.4) is 0 Å². The average Bonchev–Trinajstić information content (AvgIpc) is 2.76. The minimum Gasteiger partial charge on any atom is -0.491 e. The molecule has 0 aromatic heterocycles. The Morgan fingerprint density at radius 3 is 2.47 bits per heavy atom. The van der Waals surface area contributed by atoms with Gasteiger partial charge in [0.05, 0.1) is 6.54 Å². The molecular formula is C24H29FN2O3. The van der Waals surface area contributed by atoms with Crippen LogP contribution in [0.15, 0.2) is 48.5 Å². The Hall–Kier alpha value is -2.44. The zero-order chi connectivity index (χ0) is 20.9. The van der Waals surface area contributed by atoms with E-state index in [0.717, 1.165) is 32.5 Å². The maximum Gasteiger partial charge on any atom is 0.248 e. The number of piperidine rings is 1. The Labute approximate surface area is 177 Å². The Morgan fingerprint density at radius 2 is 1.77 bits per heavy atom. The molecule has 2 fully saturated rings. The molecule has 0 N–H and O–H groups in total. The predicted octanol–water partition coefficient (Wildman–Crippen LogP) is 3.40. The highest BCUT2D eigenvalue weighted by molar-refractivity contribution is 5.78. The van der Waals surface area contributed by atoms with Gasteiger partial charge in [0, 0.05) is 25.7 Å². The molecule has 5 nitrogen and oxygen atoms in total. The van der Waals surface area contributed by atoms with Crippen molar-refractivity contribution in [1.29, 1.82) is 0 Å². The van der Waals surface area contributed by atoms with Crippen LogP contribution in [0.5, 0.6) is 5.75 Å². The first kappa shape index (κ1) is 20.8. The summed E-state index contributed by atoms with van der Waals surface area (Å²) in [6.45, 7) is 6.02. The highest BCUT2D eigenvalue weighted by atomic mass is 19.1. The summed E-state index contributed by atoms with van der Waals surface area (Å²) in [6, 6.07) is 14.9. The second-order valence-electron chi connectivity index (χ2n) is 8.24. The summed E-state index contributed by atoms with van der Waals surface area (Å²) in [5, 5.41) is 0. The molecule has 4 rings (SSSR count). The van der Waals surface area contributed by atoms with Crippen LogP contribution in [0, 0.1) is 12.7 Å². The number of hydrogen-bond donors (Lipinski definition) is 0. The lowest BCUT2D eigenvalue weighted by molar-refractivity contribution is -0.155. The zero-order valence-electron chi connectivity index (χ0n) is 17.4. The van der Waals surface area contributed by atoms with E-state index in [1.54, 1.807) is 12.1 Å². The molecule has 2 aliphatic rings. The summed E-state index contributed by atoms with van der Waals surface area (Å²) in [6.07, 6.45) is 1.78. The van der Waals surface area contributed by atoms with E-state index in [1.807, 2.05) is 4.90 Å². The number of carbonyl (C=O) groups is 1. The van der Waals surface area contributed by atoms with E-state index >= 15 is 0 Å². The van der Waals surface area contributed by atoms with Crippen molar-refractivity contribution < 1.29 is 18.7 Å². The summed E-state index contributed by atoms with van der Waals surface area (Å²) in [4.78, 5) is 16.9. The Balaban J connectivity index is 1.26. The number of ether oxygens (including phenoxy) is 2. The van der Waals surface area contributed by atoms with Gasteiger partial charge in [-0.1, -0.05) is 29.8 Å². The van der Waals surface area contributed by atoms with E-state index in [2.05, 4.69) is 36.1 Å². The molecule has 160 valence electrons. The van der Waals surface area contributed by atoms with Crippen molar-refractivity contribution in [2.24, 2.45) is 0 Å². The van der Waals surface area contributed by atoms with Gasteiger partial charge in [-0.2, -0.15) is 0 Å². The summed E-state index contributed by atoms with van der Waals surface area (Å²) in [5.41, 5.74) is 2.61. The molecule has 2 aliphatic heterocycles. The molecule has 0 radical (unpaired) electrons. The largest absolute Gasteiger partial charge is 0.491 e. The molecule has 0 saturated carbocycles. The molecular weight excluding hydrogens is 383 g/mol. The topological polar surface area (TPSA) is 42.0 Å². The maximum absolute atomic E-state index is 13.0. The quantitative estimate of drug-likeness (QED) is 0.729. The molecule has 2 aromatic rings. The lowest BCUT2D eigenvalue weighted by Gasteiger charge is -2.42. The predicted molar refractivity (Wildman–Crippen MR) is 113 cm³/mol. The molecule has 0 bridgehead atoms. The van der Waals surface area contributed by atoms with Crippen molar-refractivity contribution in [3.8, 4) is 5.75 Å². The monoisotopic (exact) mass is 412 g/mol. The van der Waals surface area contributed by atoms with Crippen LogP contribution >= 0.6 is 0 Å². The lowest BCUT2D eigenvalue weighted by Crippen LogP contribution is -2.55. The number of carbonyl (C=O) groups excluding carboxylic acids is 1. The fraction of sp³-hybridized carbons (Fsp3) is 0.458. The first-order valence-corrected chi connectivity index (χ1v) is 10.6. The van der Waals surface area contributed by atoms with Crippen LogP contribution in [0.1, 0.15) is 24.0 Å². The fourth-order valence-corrected chi connectivity index (χ4v) is 4.16. The first-order chi connectivity index (χ1) is 14.6. The Kier molecular flexibility index (Phi) is 6.65. The van der Waals surface area contributed by atoms with Gasteiger partial charge in [-0.05, 0) is 49.6 Å². The fourth-order valence-electron chi connectivity index (χ4n) is 4.16. The number of benzene rings is 2. The number of likely N-dealkylation sites (tertiary alicyclic amines) is 1. The van der Waals surface area contributed by atoms with Gasteiger partial charge in [0.1, 0.15) is 30.9 Å². The van der Waals surface area contributed by atoms with Crippen LogP contribution in [-0.4, -0.2) is 60.7 Å². The van der Waals surface area contributed by atoms with Gasteiger partial charge >= 0.3 is 0 Å². The smallest absolute Gasteiger partial charge is 0.248 e. The Morgan fingerprint density at radius 1 is 1.07 bits per heavy atom. The molecule has 0 spiro atoms. The molecule has 2 saturated heterocycles. The standard InChI is InChI=1S/C24H29FN2O3/c1-18-2-4-19(5-3-18)14-26-12-10-21(11-13-26)27-15-23(30-17-24(27)28)16-29-22-8-6-20(25)7-9-22/h2-9,21,23H,10-17H2,1H3/t23-/m1/s1. The molecule has 6 heteroatoms. The van der Waals surface area contributed by atoms with E-state index in [9.17, 15) is 9.18 Å². The van der Waals surface area contributed by atoms with Crippen molar-refractivity contribution >= 4 is 5.91 Å². The highest BCUT2D eigenvalue weighted by Crippen LogP contribution is 2.22. The molecule has 0 unspecified atom stereocenters. The number of rotatable bonds is 6. The van der Waals surface area contributed by atoms with Crippen molar-refractivity contribution in [3.63, 3.8) is 0 Å². The van der Waals surface area contributed by atoms with Gasteiger partial charge in [-0.15, -0.1) is 0 Å². The molecule has 1 atom stereocenters. The van der Waals surface area contributed by atoms with Crippen LogP contribution in [0.4, 0.5) is 4.39 Å². The summed E-state index contributed by atoms with van der Waals surface area (Å²) < 4.78 is 24.4. The average molecular weight is 413 g/mol. The summed E-state index contributed by atoms with van der Waals surface area (Å²) in [7, 11) is 0. The third-order valence-corrected chi connectivity index (χ3v) is 5.94. The van der Waals surface area contributed by atoms with Gasteiger partial charge in [-0.25, -0.2) is 4.39 Å². The van der Waals surface area contributed by atoms with Crippen LogP contribution in [-0.2, 0) is 16.1 Å². The van der Waals surface area contributed by atoms with Crippen molar-refractivity contribution in [3.05, 3.63) is 65.5 Å². The SMILES string of the molecule is Cc1ccc(CN2CCC(N3C[C@H](COc4ccc(F)cc4)OCC3=O)CC2)cc1. The van der Waals surface area contributed by atoms with Crippen molar-refractivity contribution in [2.45, 2.75) is 38.5 Å². The maximum atomic E-state index is 13.0. The number of morpholine rings is 1. The molecule has 1 amide bonds. The van der Waals surface area contributed by atoms with Gasteiger partial charge in [0.15, 0.2) is 0 Å². The van der Waals surface area contributed by atoms with Crippen molar-refractivity contribution in [2.75, 3.05) is 32.8 Å². The number of hydrogen-bond acceptors (Lipinski definition) is 4. The van der Waals surface area contributed by atoms with E-state index in [0.29, 0.717) is 18.9 Å². The van der Waals surface area contributed by atoms with Gasteiger partial charge < -0.3 is 14.4 Å². The third kappa shape index (κ3) is 5.37. The minimum absolute atomic E-state index is 0.0602. The number of aryl methyl sites for hydroxylation is 1. The molecule has 0 aliphatic carbocycles. The van der Waals surface area contributed by atoms with Crippen LogP contribution in [0.25, 0.3) is 0 Å². The van der Waals surface area contributed by atoms with E-state index in [1.165, 1.54) is 23.3 Å². The summed E-state index contributed by atoms with van der Waals surface area (Å²) >= 11 is 0. The highest BCUT2D eigenvalue weighted by Gasteiger charge is 2.33. The lowest BCUT2D eigenvalue weighted by atomic mass is 10.0.